The Labute approximate surface area is 76.6 Å². The lowest BCUT2D eigenvalue weighted by atomic mass is 10.1. The van der Waals surface area contributed by atoms with Gasteiger partial charge in [0.25, 0.3) is 0 Å². The molecule has 0 saturated carbocycles. The molecule has 4 nitrogen and oxygen atoms in total. The molecule has 0 aromatic heterocycles. The van der Waals surface area contributed by atoms with E-state index in [0.717, 1.165) is 0 Å². The van der Waals surface area contributed by atoms with Crippen LogP contribution in [0.5, 0.6) is 0 Å². The predicted octanol–water partition coefficient (Wildman–Crippen LogP) is 0.857. The summed E-state index contributed by atoms with van der Waals surface area (Å²) in [6, 6.07) is 0. The van der Waals surface area contributed by atoms with E-state index in [1.54, 1.807) is 6.92 Å². The van der Waals surface area contributed by atoms with Gasteiger partial charge < -0.3 is 9.53 Å². The van der Waals surface area contributed by atoms with E-state index in [2.05, 4.69) is 11.3 Å². The van der Waals surface area contributed by atoms with E-state index < -0.39 is 17.9 Å². The summed E-state index contributed by atoms with van der Waals surface area (Å²) in [5, 5.41) is 0. The highest BCUT2D eigenvalue weighted by Gasteiger charge is 2.20. The molecule has 0 heterocycles. The molecule has 0 aromatic rings. The Morgan fingerprint density at radius 1 is 1.54 bits per heavy atom. The SMILES string of the molecule is C=C(C)C(=O)OC(=O)C(C=O)CC. The van der Waals surface area contributed by atoms with Gasteiger partial charge in [0, 0.05) is 5.57 Å². The van der Waals surface area contributed by atoms with E-state index in [9.17, 15) is 14.4 Å². The largest absolute Gasteiger partial charge is 0.389 e. The van der Waals surface area contributed by atoms with Gasteiger partial charge in [-0.05, 0) is 13.3 Å². The van der Waals surface area contributed by atoms with Crippen molar-refractivity contribution < 1.29 is 19.1 Å². The highest BCUT2D eigenvalue weighted by molar-refractivity contribution is 5.99. The molecule has 4 heteroatoms. The van der Waals surface area contributed by atoms with Crippen LogP contribution in [-0.2, 0) is 19.1 Å². The van der Waals surface area contributed by atoms with Crippen molar-refractivity contribution in [2.45, 2.75) is 20.3 Å². The van der Waals surface area contributed by atoms with Crippen molar-refractivity contribution in [3.05, 3.63) is 12.2 Å². The molecule has 0 bridgehead atoms. The lowest BCUT2D eigenvalue weighted by molar-refractivity contribution is -0.160. The summed E-state index contributed by atoms with van der Waals surface area (Å²) in [5.41, 5.74) is 0.133. The van der Waals surface area contributed by atoms with Crippen LogP contribution in [0, 0.1) is 5.92 Å². The van der Waals surface area contributed by atoms with Gasteiger partial charge in [-0.1, -0.05) is 13.5 Å². The quantitative estimate of drug-likeness (QED) is 0.281. The maximum Gasteiger partial charge on any atom is 0.340 e. The van der Waals surface area contributed by atoms with Gasteiger partial charge in [0.1, 0.15) is 12.2 Å². The van der Waals surface area contributed by atoms with Crippen LogP contribution in [-0.4, -0.2) is 18.2 Å². The Hall–Kier alpha value is -1.45. The molecule has 1 atom stereocenters. The van der Waals surface area contributed by atoms with E-state index in [-0.39, 0.29) is 5.57 Å². The van der Waals surface area contributed by atoms with Gasteiger partial charge in [-0.3, -0.25) is 4.79 Å². The molecular formula is C9H12O4. The molecule has 0 radical (unpaired) electrons. The summed E-state index contributed by atoms with van der Waals surface area (Å²) in [4.78, 5) is 32.1. The van der Waals surface area contributed by atoms with Crippen LogP contribution >= 0.6 is 0 Å². The number of rotatable bonds is 4. The molecule has 0 rings (SSSR count). The van der Waals surface area contributed by atoms with Crippen molar-refractivity contribution in [2.75, 3.05) is 0 Å². The van der Waals surface area contributed by atoms with Crippen molar-refractivity contribution in [1.29, 1.82) is 0 Å². The molecule has 0 spiro atoms. The zero-order chi connectivity index (χ0) is 10.4. The average molecular weight is 184 g/mol. The van der Waals surface area contributed by atoms with Gasteiger partial charge in [-0.15, -0.1) is 0 Å². The summed E-state index contributed by atoms with van der Waals surface area (Å²) >= 11 is 0. The van der Waals surface area contributed by atoms with Gasteiger partial charge >= 0.3 is 11.9 Å². The van der Waals surface area contributed by atoms with E-state index in [0.29, 0.717) is 12.7 Å². The first-order chi connectivity index (χ1) is 6.02. The van der Waals surface area contributed by atoms with E-state index in [1.807, 2.05) is 0 Å². The lowest BCUT2D eigenvalue weighted by Gasteiger charge is -2.05. The smallest absolute Gasteiger partial charge is 0.340 e. The maximum atomic E-state index is 11.0. The molecule has 0 amide bonds. The Kier molecular flexibility index (Phi) is 4.66. The first-order valence-electron chi connectivity index (χ1n) is 3.89. The molecule has 1 unspecified atom stereocenters. The van der Waals surface area contributed by atoms with Crippen molar-refractivity contribution in [3.8, 4) is 0 Å². The van der Waals surface area contributed by atoms with Crippen LogP contribution in [0.1, 0.15) is 20.3 Å². The Morgan fingerprint density at radius 2 is 2.08 bits per heavy atom. The number of carbonyl (C=O) groups is 3. The second-order valence-electron chi connectivity index (χ2n) is 2.64. The predicted molar refractivity (Wildman–Crippen MR) is 45.8 cm³/mol. The number of esters is 2. The minimum Gasteiger partial charge on any atom is -0.389 e. The molecule has 72 valence electrons. The van der Waals surface area contributed by atoms with Crippen molar-refractivity contribution >= 4 is 18.2 Å². The van der Waals surface area contributed by atoms with Gasteiger partial charge in [0.05, 0.1) is 0 Å². The topological polar surface area (TPSA) is 60.4 Å². The van der Waals surface area contributed by atoms with Crippen LogP contribution in [0.2, 0.25) is 0 Å². The first kappa shape index (κ1) is 11.6. The van der Waals surface area contributed by atoms with Crippen LogP contribution in [0.15, 0.2) is 12.2 Å². The van der Waals surface area contributed by atoms with Crippen LogP contribution in [0.25, 0.3) is 0 Å². The standard InChI is InChI=1S/C9H12O4/c1-4-7(5-10)9(12)13-8(11)6(2)3/h5,7H,2,4H2,1,3H3. The second-order valence-corrected chi connectivity index (χ2v) is 2.64. The third-order valence-electron chi connectivity index (χ3n) is 1.45. The summed E-state index contributed by atoms with van der Waals surface area (Å²) in [6.07, 6.45) is 0.792. The molecule has 0 aromatic carbocycles. The lowest BCUT2D eigenvalue weighted by Crippen LogP contribution is -2.22. The van der Waals surface area contributed by atoms with Crippen LogP contribution in [0.3, 0.4) is 0 Å². The number of carbonyl (C=O) groups excluding carboxylic acids is 3. The normalized spacial score (nSPS) is 11.5. The summed E-state index contributed by atoms with van der Waals surface area (Å²) in [7, 11) is 0. The number of hydrogen-bond donors (Lipinski definition) is 0. The van der Waals surface area contributed by atoms with Gasteiger partial charge in [-0.25, -0.2) is 4.79 Å². The van der Waals surface area contributed by atoms with E-state index >= 15 is 0 Å². The third kappa shape index (κ3) is 3.64. The summed E-state index contributed by atoms with van der Waals surface area (Å²) < 4.78 is 4.35. The van der Waals surface area contributed by atoms with E-state index in [1.165, 1.54) is 6.92 Å². The first-order valence-corrected chi connectivity index (χ1v) is 3.89. The third-order valence-corrected chi connectivity index (χ3v) is 1.45. The number of ether oxygens (including phenoxy) is 1. The van der Waals surface area contributed by atoms with Gasteiger partial charge in [-0.2, -0.15) is 0 Å². The molecule has 0 saturated heterocycles. The minimum atomic E-state index is -0.858. The summed E-state index contributed by atoms with van der Waals surface area (Å²) in [6.45, 7) is 6.39. The number of hydrogen-bond acceptors (Lipinski definition) is 4. The molecule has 0 N–H and O–H groups in total. The Bertz CT molecular complexity index is 242. The van der Waals surface area contributed by atoms with Gasteiger partial charge in [0.15, 0.2) is 0 Å². The van der Waals surface area contributed by atoms with Gasteiger partial charge in [0.2, 0.25) is 0 Å². The zero-order valence-corrected chi connectivity index (χ0v) is 7.70. The minimum absolute atomic E-state index is 0.133. The fourth-order valence-electron chi connectivity index (χ4n) is 0.573. The van der Waals surface area contributed by atoms with E-state index in [4.69, 9.17) is 0 Å². The molecule has 0 fully saturated rings. The fourth-order valence-corrected chi connectivity index (χ4v) is 0.573. The van der Waals surface area contributed by atoms with Crippen LogP contribution < -0.4 is 0 Å². The molecule has 13 heavy (non-hydrogen) atoms. The Balaban J connectivity index is 4.21. The molecular weight excluding hydrogens is 172 g/mol. The van der Waals surface area contributed by atoms with Crippen molar-refractivity contribution in [3.63, 3.8) is 0 Å². The second kappa shape index (κ2) is 5.24. The number of aldehydes is 1. The molecule has 0 aliphatic carbocycles. The van der Waals surface area contributed by atoms with Crippen molar-refractivity contribution in [2.24, 2.45) is 5.92 Å². The highest BCUT2D eigenvalue weighted by atomic mass is 16.6. The highest BCUT2D eigenvalue weighted by Crippen LogP contribution is 2.03. The maximum absolute atomic E-state index is 11.0. The van der Waals surface area contributed by atoms with Crippen molar-refractivity contribution in [1.82, 2.24) is 0 Å². The Morgan fingerprint density at radius 3 is 2.38 bits per heavy atom. The van der Waals surface area contributed by atoms with Crippen LogP contribution in [0.4, 0.5) is 0 Å². The monoisotopic (exact) mass is 184 g/mol. The zero-order valence-electron chi connectivity index (χ0n) is 7.70. The fraction of sp³-hybridized carbons (Fsp3) is 0.444. The average Bonchev–Trinajstić information content (AvgIpc) is 2.06. The molecule has 0 aliphatic rings. The summed E-state index contributed by atoms with van der Waals surface area (Å²) in [5.74, 6) is -2.46. The molecule has 0 aliphatic heterocycles.